The highest BCUT2D eigenvalue weighted by atomic mass is 79.9. The van der Waals surface area contributed by atoms with Crippen LogP contribution in [0.15, 0.2) is 46.9 Å². The first-order chi connectivity index (χ1) is 8.74. The number of ether oxygens (including phenoxy) is 1. The minimum absolute atomic E-state index is 0.865. The maximum atomic E-state index is 5.16. The largest absolute Gasteiger partial charge is 0.497 e. The van der Waals surface area contributed by atoms with Crippen molar-refractivity contribution < 1.29 is 4.74 Å². The lowest BCUT2D eigenvalue weighted by Crippen LogP contribution is -2.05. The lowest BCUT2D eigenvalue weighted by atomic mass is 10.0. The van der Waals surface area contributed by atoms with Crippen molar-refractivity contribution in [2.75, 3.05) is 14.2 Å². The molecule has 0 saturated carbocycles. The average molecular weight is 306 g/mol. The molecule has 3 heteroatoms. The lowest BCUT2D eigenvalue weighted by Gasteiger charge is -2.08. The van der Waals surface area contributed by atoms with Gasteiger partial charge >= 0.3 is 0 Å². The van der Waals surface area contributed by atoms with Gasteiger partial charge in [0.05, 0.1) is 7.11 Å². The molecule has 0 bridgehead atoms. The second-order valence-corrected chi connectivity index (χ2v) is 4.92. The molecule has 2 aromatic carbocycles. The summed E-state index contributed by atoms with van der Waals surface area (Å²) >= 11 is 3.61. The van der Waals surface area contributed by atoms with Gasteiger partial charge in [0.2, 0.25) is 0 Å². The maximum Gasteiger partial charge on any atom is 0.118 e. The third-order valence-electron chi connectivity index (χ3n) is 2.84. The van der Waals surface area contributed by atoms with Crippen LogP contribution in [-0.2, 0) is 6.54 Å². The van der Waals surface area contributed by atoms with E-state index >= 15 is 0 Å². The first-order valence-electron chi connectivity index (χ1n) is 5.82. The number of hydrogen-bond donors (Lipinski definition) is 1. The van der Waals surface area contributed by atoms with Gasteiger partial charge in [-0.1, -0.05) is 40.2 Å². The Hall–Kier alpha value is -1.32. The second-order valence-electron chi connectivity index (χ2n) is 4.07. The second kappa shape index (κ2) is 6.03. The van der Waals surface area contributed by atoms with Gasteiger partial charge < -0.3 is 10.1 Å². The van der Waals surface area contributed by atoms with E-state index in [2.05, 4.69) is 51.6 Å². The molecule has 0 heterocycles. The van der Waals surface area contributed by atoms with E-state index < -0.39 is 0 Å². The lowest BCUT2D eigenvalue weighted by molar-refractivity contribution is 0.415. The SMILES string of the molecule is CNCc1ccc(-c2ccc(OC)cc2)cc1Br. The molecule has 2 aromatic rings. The number of benzene rings is 2. The fraction of sp³-hybridized carbons (Fsp3) is 0.200. The Morgan fingerprint density at radius 2 is 1.72 bits per heavy atom. The Kier molecular flexibility index (Phi) is 4.39. The molecule has 0 spiro atoms. The highest BCUT2D eigenvalue weighted by Crippen LogP contribution is 2.27. The predicted molar refractivity (Wildman–Crippen MR) is 78.9 cm³/mol. The van der Waals surface area contributed by atoms with Gasteiger partial charge in [0.15, 0.2) is 0 Å². The molecule has 0 aliphatic carbocycles. The molecule has 0 atom stereocenters. The van der Waals surface area contributed by atoms with E-state index in [0.29, 0.717) is 0 Å². The molecule has 0 aliphatic rings. The van der Waals surface area contributed by atoms with E-state index in [1.807, 2.05) is 19.2 Å². The minimum atomic E-state index is 0.865. The Balaban J connectivity index is 2.30. The standard InChI is InChI=1S/C15H16BrNO/c1-17-10-13-4-3-12(9-15(13)16)11-5-7-14(18-2)8-6-11/h3-9,17H,10H2,1-2H3. The fourth-order valence-corrected chi connectivity index (χ4v) is 2.36. The molecule has 0 aliphatic heterocycles. The van der Waals surface area contributed by atoms with Crippen molar-refractivity contribution in [3.8, 4) is 16.9 Å². The number of rotatable bonds is 4. The monoisotopic (exact) mass is 305 g/mol. The summed E-state index contributed by atoms with van der Waals surface area (Å²) in [6.07, 6.45) is 0. The van der Waals surface area contributed by atoms with Crippen LogP contribution >= 0.6 is 15.9 Å². The van der Waals surface area contributed by atoms with Gasteiger partial charge in [0, 0.05) is 11.0 Å². The van der Waals surface area contributed by atoms with Crippen molar-refractivity contribution in [2.24, 2.45) is 0 Å². The fourth-order valence-electron chi connectivity index (χ4n) is 1.84. The number of methoxy groups -OCH3 is 1. The van der Waals surface area contributed by atoms with Gasteiger partial charge in [-0.15, -0.1) is 0 Å². The minimum Gasteiger partial charge on any atom is -0.497 e. The summed E-state index contributed by atoms with van der Waals surface area (Å²) in [5.41, 5.74) is 3.65. The number of nitrogens with one attached hydrogen (secondary N) is 1. The smallest absolute Gasteiger partial charge is 0.118 e. The molecule has 1 N–H and O–H groups in total. The number of halogens is 1. The average Bonchev–Trinajstić information content (AvgIpc) is 2.41. The maximum absolute atomic E-state index is 5.16. The zero-order chi connectivity index (χ0) is 13.0. The Bertz CT molecular complexity index is 523. The molecular formula is C15H16BrNO. The first kappa shape index (κ1) is 13.1. The van der Waals surface area contributed by atoms with E-state index in [1.165, 1.54) is 16.7 Å². The van der Waals surface area contributed by atoms with Crippen molar-refractivity contribution in [3.05, 3.63) is 52.5 Å². The summed E-state index contributed by atoms with van der Waals surface area (Å²) in [6.45, 7) is 0.865. The van der Waals surface area contributed by atoms with Gasteiger partial charge in [0.1, 0.15) is 5.75 Å². The van der Waals surface area contributed by atoms with Gasteiger partial charge in [-0.3, -0.25) is 0 Å². The third-order valence-corrected chi connectivity index (χ3v) is 3.58. The summed E-state index contributed by atoms with van der Waals surface area (Å²) in [4.78, 5) is 0. The zero-order valence-corrected chi connectivity index (χ0v) is 12.1. The molecule has 0 radical (unpaired) electrons. The molecular weight excluding hydrogens is 290 g/mol. The van der Waals surface area contributed by atoms with Crippen molar-refractivity contribution in [3.63, 3.8) is 0 Å². The Labute approximate surface area is 116 Å². The van der Waals surface area contributed by atoms with Gasteiger partial charge in [-0.2, -0.15) is 0 Å². The summed E-state index contributed by atoms with van der Waals surface area (Å²) in [5, 5.41) is 3.15. The van der Waals surface area contributed by atoms with E-state index in [4.69, 9.17) is 4.74 Å². The van der Waals surface area contributed by atoms with E-state index in [0.717, 1.165) is 16.8 Å². The highest BCUT2D eigenvalue weighted by molar-refractivity contribution is 9.10. The molecule has 0 fully saturated rings. The Morgan fingerprint density at radius 3 is 2.28 bits per heavy atom. The van der Waals surface area contributed by atoms with Gasteiger partial charge in [-0.25, -0.2) is 0 Å². The topological polar surface area (TPSA) is 21.3 Å². The normalized spacial score (nSPS) is 10.4. The van der Waals surface area contributed by atoms with Crippen molar-refractivity contribution >= 4 is 15.9 Å². The molecule has 0 aromatic heterocycles. The molecule has 0 saturated heterocycles. The van der Waals surface area contributed by atoms with Gasteiger partial charge in [0.25, 0.3) is 0 Å². The summed E-state index contributed by atoms with van der Waals surface area (Å²) in [7, 11) is 3.63. The van der Waals surface area contributed by atoms with E-state index in [-0.39, 0.29) is 0 Å². The first-order valence-corrected chi connectivity index (χ1v) is 6.61. The van der Waals surface area contributed by atoms with Crippen LogP contribution in [0.4, 0.5) is 0 Å². The quantitative estimate of drug-likeness (QED) is 0.926. The predicted octanol–water partition coefficient (Wildman–Crippen LogP) is 3.84. The summed E-state index contributed by atoms with van der Waals surface area (Å²) < 4.78 is 6.29. The van der Waals surface area contributed by atoms with Crippen molar-refractivity contribution in [2.45, 2.75) is 6.54 Å². The molecule has 2 rings (SSSR count). The Morgan fingerprint density at radius 1 is 1.06 bits per heavy atom. The van der Waals surface area contributed by atoms with E-state index in [9.17, 15) is 0 Å². The summed E-state index contributed by atoms with van der Waals surface area (Å²) in [5.74, 6) is 0.879. The molecule has 0 unspecified atom stereocenters. The van der Waals surface area contributed by atoms with Crippen molar-refractivity contribution in [1.29, 1.82) is 0 Å². The van der Waals surface area contributed by atoms with Crippen LogP contribution in [0, 0.1) is 0 Å². The van der Waals surface area contributed by atoms with Crippen LogP contribution in [0.2, 0.25) is 0 Å². The summed E-state index contributed by atoms with van der Waals surface area (Å²) in [6, 6.07) is 14.5. The highest BCUT2D eigenvalue weighted by Gasteiger charge is 2.03. The molecule has 18 heavy (non-hydrogen) atoms. The number of hydrogen-bond acceptors (Lipinski definition) is 2. The van der Waals surface area contributed by atoms with Gasteiger partial charge in [-0.05, 0) is 41.9 Å². The molecule has 2 nitrogen and oxygen atoms in total. The van der Waals surface area contributed by atoms with Crippen LogP contribution in [0.3, 0.4) is 0 Å². The molecule has 94 valence electrons. The zero-order valence-electron chi connectivity index (χ0n) is 10.5. The van der Waals surface area contributed by atoms with Crippen molar-refractivity contribution in [1.82, 2.24) is 5.32 Å². The van der Waals surface area contributed by atoms with Crippen LogP contribution in [0.25, 0.3) is 11.1 Å². The van der Waals surface area contributed by atoms with Crippen LogP contribution < -0.4 is 10.1 Å². The third kappa shape index (κ3) is 2.92. The molecule has 0 amide bonds. The van der Waals surface area contributed by atoms with E-state index in [1.54, 1.807) is 7.11 Å². The van der Waals surface area contributed by atoms with Crippen LogP contribution in [-0.4, -0.2) is 14.2 Å². The van der Waals surface area contributed by atoms with Crippen LogP contribution in [0.1, 0.15) is 5.56 Å². The van der Waals surface area contributed by atoms with Crippen LogP contribution in [0.5, 0.6) is 5.75 Å².